The highest BCUT2D eigenvalue weighted by molar-refractivity contribution is 7.89. The van der Waals surface area contributed by atoms with Gasteiger partial charge in [-0.25, -0.2) is 13.1 Å². The lowest BCUT2D eigenvalue weighted by Gasteiger charge is -2.08. The maximum atomic E-state index is 12.1. The number of nitrogens with zero attached hydrogens (tertiary/aromatic N) is 1. The molecule has 0 saturated heterocycles. The van der Waals surface area contributed by atoms with Crippen LogP contribution in [0.2, 0.25) is 5.02 Å². The summed E-state index contributed by atoms with van der Waals surface area (Å²) < 4.78 is 26.3. The minimum atomic E-state index is -3.77. The van der Waals surface area contributed by atoms with E-state index in [1.54, 1.807) is 37.3 Å². The number of halogens is 1. The van der Waals surface area contributed by atoms with Gasteiger partial charge in [0.05, 0.1) is 16.3 Å². The molecule has 9 heteroatoms. The average Bonchev–Trinajstić information content (AvgIpc) is 2.59. The van der Waals surface area contributed by atoms with Crippen LogP contribution in [-0.4, -0.2) is 26.6 Å². The molecule has 0 aliphatic carbocycles. The third-order valence-corrected chi connectivity index (χ3v) is 5.09. The van der Waals surface area contributed by atoms with E-state index in [1.807, 2.05) is 6.07 Å². The van der Waals surface area contributed by atoms with Crippen LogP contribution in [0.4, 0.5) is 5.69 Å². The zero-order chi connectivity index (χ0) is 19.2. The van der Waals surface area contributed by atoms with Crippen LogP contribution in [0.3, 0.4) is 0 Å². The molecule has 0 amide bonds. The van der Waals surface area contributed by atoms with Crippen molar-refractivity contribution >= 4 is 39.0 Å². The molecule has 2 aromatic carbocycles. The topological polar surface area (TPSA) is 111 Å². The van der Waals surface area contributed by atoms with Gasteiger partial charge in [-0.3, -0.25) is 5.43 Å². The Balaban J connectivity index is 2.05. The minimum Gasteiger partial charge on any atom is -0.550 e. The monoisotopic (exact) mass is 394 g/mol. The van der Waals surface area contributed by atoms with E-state index in [1.165, 1.54) is 12.1 Å². The van der Waals surface area contributed by atoms with Gasteiger partial charge >= 0.3 is 0 Å². The highest BCUT2D eigenvalue weighted by Crippen LogP contribution is 2.15. The molecule has 138 valence electrons. The largest absolute Gasteiger partial charge is 0.550 e. The number of rotatable bonds is 8. The summed E-state index contributed by atoms with van der Waals surface area (Å²) in [5, 5.41) is 15.2. The standard InChI is InChI=1S/C17H18ClN3O4S/c1-12(20-21-15-4-2-3-14(18)11-15)13-5-7-16(8-6-13)26(24,25)19-10-9-17(22)23/h2-8,11,19,21H,9-10H2,1H3,(H,22,23)/p-1/b20-12-. The highest BCUT2D eigenvalue weighted by Gasteiger charge is 2.13. The molecule has 0 radical (unpaired) electrons. The number of benzene rings is 2. The summed E-state index contributed by atoms with van der Waals surface area (Å²) >= 11 is 5.90. The van der Waals surface area contributed by atoms with Gasteiger partial charge in [0.1, 0.15) is 0 Å². The van der Waals surface area contributed by atoms with Gasteiger partial charge in [-0.05, 0) is 42.8 Å². The SMILES string of the molecule is C/C(=N/Nc1cccc(Cl)c1)c1ccc(S(=O)(=O)NCCC(=O)[O-])cc1. The van der Waals surface area contributed by atoms with Crippen molar-refractivity contribution in [2.24, 2.45) is 5.10 Å². The van der Waals surface area contributed by atoms with Gasteiger partial charge < -0.3 is 9.90 Å². The third-order valence-electron chi connectivity index (χ3n) is 3.38. The zero-order valence-corrected chi connectivity index (χ0v) is 15.5. The number of nitrogens with one attached hydrogen (secondary N) is 2. The fraction of sp³-hybridized carbons (Fsp3) is 0.176. The van der Waals surface area contributed by atoms with E-state index in [4.69, 9.17) is 11.6 Å². The first-order valence-corrected chi connectivity index (χ1v) is 9.50. The third kappa shape index (κ3) is 5.83. The Morgan fingerprint density at radius 2 is 1.88 bits per heavy atom. The number of carboxylic acid groups (broad SMARTS) is 1. The van der Waals surface area contributed by atoms with Crippen LogP contribution in [-0.2, 0) is 14.8 Å². The second kappa shape index (κ2) is 8.79. The van der Waals surface area contributed by atoms with Gasteiger partial charge in [-0.15, -0.1) is 0 Å². The van der Waals surface area contributed by atoms with Crippen molar-refractivity contribution in [3.05, 3.63) is 59.1 Å². The molecular formula is C17H17ClN3O4S-. The summed E-state index contributed by atoms with van der Waals surface area (Å²) in [6.07, 6.45) is -0.391. The molecule has 7 nitrogen and oxygen atoms in total. The lowest BCUT2D eigenvalue weighted by Crippen LogP contribution is -2.31. The molecule has 0 saturated carbocycles. The minimum absolute atomic E-state index is 0.0372. The summed E-state index contributed by atoms with van der Waals surface area (Å²) in [6, 6.07) is 13.2. The van der Waals surface area contributed by atoms with Crippen LogP contribution in [0.5, 0.6) is 0 Å². The lowest BCUT2D eigenvalue weighted by atomic mass is 10.1. The molecule has 0 spiro atoms. The number of hydrogen-bond acceptors (Lipinski definition) is 6. The van der Waals surface area contributed by atoms with Crippen molar-refractivity contribution in [1.82, 2.24) is 4.72 Å². The normalized spacial score (nSPS) is 12.0. The van der Waals surface area contributed by atoms with Crippen LogP contribution >= 0.6 is 11.6 Å². The summed E-state index contributed by atoms with van der Waals surface area (Å²) in [7, 11) is -3.77. The zero-order valence-electron chi connectivity index (χ0n) is 13.9. The molecule has 26 heavy (non-hydrogen) atoms. The number of aliphatic carboxylic acids is 1. The number of carbonyl (C=O) groups is 1. The number of sulfonamides is 1. The highest BCUT2D eigenvalue weighted by atomic mass is 35.5. The predicted molar refractivity (Wildman–Crippen MR) is 98.5 cm³/mol. The van der Waals surface area contributed by atoms with E-state index < -0.39 is 22.4 Å². The maximum absolute atomic E-state index is 12.1. The first kappa shape index (κ1) is 19.9. The molecular weight excluding hydrogens is 378 g/mol. The van der Waals surface area contributed by atoms with Gasteiger partial charge in [-0.1, -0.05) is 29.8 Å². The summed E-state index contributed by atoms with van der Waals surface area (Å²) in [5.41, 5.74) is 4.99. The Morgan fingerprint density at radius 1 is 1.19 bits per heavy atom. The molecule has 0 aliphatic heterocycles. The molecule has 0 fully saturated rings. The van der Waals surface area contributed by atoms with Gasteiger partial charge in [0.2, 0.25) is 10.0 Å². The van der Waals surface area contributed by atoms with E-state index >= 15 is 0 Å². The molecule has 0 unspecified atom stereocenters. The van der Waals surface area contributed by atoms with Gasteiger partial charge in [-0.2, -0.15) is 5.10 Å². The van der Waals surface area contributed by atoms with Crippen molar-refractivity contribution in [3.63, 3.8) is 0 Å². The Labute approximate surface area is 156 Å². The fourth-order valence-electron chi connectivity index (χ4n) is 2.02. The van der Waals surface area contributed by atoms with Crippen LogP contribution in [0, 0.1) is 0 Å². The predicted octanol–water partition coefficient (Wildman–Crippen LogP) is 1.59. The van der Waals surface area contributed by atoms with Crippen LogP contribution < -0.4 is 15.3 Å². The van der Waals surface area contributed by atoms with Crippen molar-refractivity contribution in [2.75, 3.05) is 12.0 Å². The van der Waals surface area contributed by atoms with Crippen LogP contribution in [0.1, 0.15) is 18.9 Å². The number of carboxylic acids is 1. The van der Waals surface area contributed by atoms with Crippen molar-refractivity contribution in [1.29, 1.82) is 0 Å². The van der Waals surface area contributed by atoms with E-state index in [9.17, 15) is 18.3 Å². The summed E-state index contributed by atoms with van der Waals surface area (Å²) in [4.78, 5) is 10.4. The smallest absolute Gasteiger partial charge is 0.240 e. The van der Waals surface area contributed by atoms with Crippen LogP contribution in [0.25, 0.3) is 0 Å². The number of hydrogen-bond donors (Lipinski definition) is 2. The Hall–Kier alpha value is -2.42. The van der Waals surface area contributed by atoms with Crippen LogP contribution in [0.15, 0.2) is 58.5 Å². The van der Waals surface area contributed by atoms with Gasteiger partial charge in [0.25, 0.3) is 0 Å². The Kier molecular flexibility index (Phi) is 6.73. The van der Waals surface area contributed by atoms with Crippen molar-refractivity contribution < 1.29 is 18.3 Å². The lowest BCUT2D eigenvalue weighted by molar-refractivity contribution is -0.305. The van der Waals surface area contributed by atoms with E-state index in [-0.39, 0.29) is 11.4 Å². The second-order valence-corrected chi connectivity index (χ2v) is 7.57. The number of carbonyl (C=O) groups excluding carboxylic acids is 1. The first-order chi connectivity index (χ1) is 12.3. The molecule has 2 N–H and O–H groups in total. The number of anilines is 1. The summed E-state index contributed by atoms with van der Waals surface area (Å²) in [5.74, 6) is -1.32. The quantitative estimate of drug-likeness (QED) is 0.521. The second-order valence-electron chi connectivity index (χ2n) is 5.36. The van der Waals surface area contributed by atoms with Crippen molar-refractivity contribution in [3.8, 4) is 0 Å². The molecule has 0 aromatic heterocycles. The van der Waals surface area contributed by atoms with Crippen molar-refractivity contribution in [2.45, 2.75) is 18.2 Å². The van der Waals surface area contributed by atoms with E-state index in [0.717, 1.165) is 11.3 Å². The van der Waals surface area contributed by atoms with Gasteiger partial charge in [0, 0.05) is 24.0 Å². The Morgan fingerprint density at radius 3 is 2.50 bits per heavy atom. The molecule has 2 rings (SSSR count). The number of hydrazone groups is 1. The maximum Gasteiger partial charge on any atom is 0.240 e. The first-order valence-electron chi connectivity index (χ1n) is 7.64. The molecule has 0 aliphatic rings. The van der Waals surface area contributed by atoms with E-state index in [0.29, 0.717) is 10.7 Å². The molecule has 0 bridgehead atoms. The molecule has 0 heterocycles. The molecule has 0 atom stereocenters. The van der Waals surface area contributed by atoms with Gasteiger partial charge in [0.15, 0.2) is 0 Å². The summed E-state index contributed by atoms with van der Waals surface area (Å²) in [6.45, 7) is 1.55. The fourth-order valence-corrected chi connectivity index (χ4v) is 3.24. The Bertz CT molecular complexity index is 912. The van der Waals surface area contributed by atoms with E-state index in [2.05, 4.69) is 15.2 Å². The molecule has 2 aromatic rings. The average molecular weight is 395 g/mol.